The highest BCUT2D eigenvalue weighted by atomic mass is 32.2. The van der Waals surface area contributed by atoms with E-state index in [2.05, 4.69) is 9.97 Å². The summed E-state index contributed by atoms with van der Waals surface area (Å²) in [6.07, 6.45) is 1.59. The topological polar surface area (TPSA) is 51.8 Å². The summed E-state index contributed by atoms with van der Waals surface area (Å²) in [5, 5.41) is 0.557. The van der Waals surface area contributed by atoms with Gasteiger partial charge in [0.25, 0.3) is 0 Å². The van der Waals surface area contributed by atoms with Gasteiger partial charge in [-0.1, -0.05) is 0 Å². The minimum Gasteiger partial charge on any atom is -0.384 e. The molecule has 76 valence electrons. The summed E-state index contributed by atoms with van der Waals surface area (Å²) in [5.41, 5.74) is 5.51. The van der Waals surface area contributed by atoms with Crippen molar-refractivity contribution in [3.8, 4) is 0 Å². The Kier molecular flexibility index (Phi) is 2.82. The summed E-state index contributed by atoms with van der Waals surface area (Å²) in [4.78, 5) is 8.94. The van der Waals surface area contributed by atoms with Gasteiger partial charge in [-0.3, -0.25) is 0 Å². The average molecular weight is 221 g/mol. The number of aromatic nitrogens is 2. The molecule has 1 aromatic heterocycles. The number of nitrogens with zero attached hydrogens (tertiary/aromatic N) is 2. The van der Waals surface area contributed by atoms with Crippen LogP contribution in [0.5, 0.6) is 0 Å². The quantitative estimate of drug-likeness (QED) is 0.791. The van der Waals surface area contributed by atoms with Crippen molar-refractivity contribution in [2.24, 2.45) is 0 Å². The third-order valence-electron chi connectivity index (χ3n) is 1.68. The Hall–Kier alpha value is -1.62. The van der Waals surface area contributed by atoms with Gasteiger partial charge in [-0.2, -0.15) is 0 Å². The Balaban J connectivity index is 2.18. The third-order valence-corrected chi connectivity index (χ3v) is 2.56. The fourth-order valence-corrected chi connectivity index (χ4v) is 1.76. The second kappa shape index (κ2) is 4.27. The molecule has 5 heteroatoms. The second-order valence-electron chi connectivity index (χ2n) is 2.82. The smallest absolute Gasteiger partial charge is 0.194 e. The molecule has 0 amide bonds. The van der Waals surface area contributed by atoms with E-state index in [9.17, 15) is 4.39 Å². The molecule has 0 atom stereocenters. The van der Waals surface area contributed by atoms with Crippen LogP contribution in [0.3, 0.4) is 0 Å². The molecule has 1 heterocycles. The van der Waals surface area contributed by atoms with Crippen LogP contribution in [0.2, 0.25) is 0 Å². The maximum absolute atomic E-state index is 12.6. The van der Waals surface area contributed by atoms with Crippen LogP contribution in [0.15, 0.2) is 46.6 Å². The van der Waals surface area contributed by atoms with Gasteiger partial charge in [-0.05, 0) is 42.1 Å². The normalized spacial score (nSPS) is 10.2. The van der Waals surface area contributed by atoms with Crippen LogP contribution in [-0.2, 0) is 0 Å². The summed E-state index contributed by atoms with van der Waals surface area (Å²) in [6, 6.07) is 7.76. The van der Waals surface area contributed by atoms with Crippen molar-refractivity contribution in [2.75, 3.05) is 5.73 Å². The van der Waals surface area contributed by atoms with Crippen molar-refractivity contribution in [1.29, 1.82) is 0 Å². The van der Waals surface area contributed by atoms with Crippen LogP contribution in [-0.4, -0.2) is 9.97 Å². The second-order valence-corrected chi connectivity index (χ2v) is 3.86. The number of rotatable bonds is 2. The van der Waals surface area contributed by atoms with Crippen LogP contribution in [0, 0.1) is 5.82 Å². The van der Waals surface area contributed by atoms with E-state index in [4.69, 9.17) is 5.73 Å². The van der Waals surface area contributed by atoms with Gasteiger partial charge >= 0.3 is 0 Å². The minimum atomic E-state index is -0.257. The van der Waals surface area contributed by atoms with Crippen LogP contribution >= 0.6 is 11.8 Å². The van der Waals surface area contributed by atoms with Gasteiger partial charge < -0.3 is 5.73 Å². The summed E-state index contributed by atoms with van der Waals surface area (Å²) in [5.74, 6) is 0.169. The van der Waals surface area contributed by atoms with E-state index in [1.165, 1.54) is 23.9 Å². The first kappa shape index (κ1) is 9.92. The van der Waals surface area contributed by atoms with E-state index in [0.717, 1.165) is 4.90 Å². The largest absolute Gasteiger partial charge is 0.384 e. The summed E-state index contributed by atoms with van der Waals surface area (Å²) in [7, 11) is 0. The van der Waals surface area contributed by atoms with Gasteiger partial charge in [0.1, 0.15) is 11.6 Å². The highest BCUT2D eigenvalue weighted by Gasteiger charge is 2.00. The molecule has 0 spiro atoms. The molecule has 0 bridgehead atoms. The molecule has 0 fully saturated rings. The van der Waals surface area contributed by atoms with E-state index < -0.39 is 0 Å². The highest BCUT2D eigenvalue weighted by Crippen LogP contribution is 2.24. The maximum Gasteiger partial charge on any atom is 0.194 e. The lowest BCUT2D eigenvalue weighted by molar-refractivity contribution is 0.626. The van der Waals surface area contributed by atoms with Gasteiger partial charge in [0.15, 0.2) is 5.16 Å². The van der Waals surface area contributed by atoms with E-state index in [-0.39, 0.29) is 5.82 Å². The predicted molar refractivity (Wildman–Crippen MR) is 57.0 cm³/mol. The van der Waals surface area contributed by atoms with Gasteiger partial charge in [0.05, 0.1) is 0 Å². The summed E-state index contributed by atoms with van der Waals surface area (Å²) < 4.78 is 12.6. The molecule has 0 aliphatic heterocycles. The molecule has 2 rings (SSSR count). The van der Waals surface area contributed by atoms with Crippen LogP contribution in [0.1, 0.15) is 0 Å². The van der Waals surface area contributed by atoms with Crippen molar-refractivity contribution in [2.45, 2.75) is 10.1 Å². The third kappa shape index (κ3) is 2.66. The Morgan fingerprint density at radius 3 is 2.53 bits per heavy atom. The molecule has 1 aromatic carbocycles. The molecular weight excluding hydrogens is 213 g/mol. The Morgan fingerprint density at radius 1 is 1.13 bits per heavy atom. The Labute approximate surface area is 90.6 Å². The Morgan fingerprint density at radius 2 is 1.87 bits per heavy atom. The first-order chi connectivity index (χ1) is 7.24. The van der Waals surface area contributed by atoms with Crippen molar-refractivity contribution < 1.29 is 4.39 Å². The fraction of sp³-hybridized carbons (Fsp3) is 0. The maximum atomic E-state index is 12.6. The lowest BCUT2D eigenvalue weighted by Crippen LogP contribution is -1.92. The summed E-state index contributed by atoms with van der Waals surface area (Å²) >= 11 is 1.34. The van der Waals surface area contributed by atoms with Crippen molar-refractivity contribution in [3.63, 3.8) is 0 Å². The van der Waals surface area contributed by atoms with Crippen LogP contribution in [0.4, 0.5) is 10.2 Å². The number of nitrogen functional groups attached to an aromatic ring is 1. The highest BCUT2D eigenvalue weighted by molar-refractivity contribution is 7.99. The van der Waals surface area contributed by atoms with Crippen molar-refractivity contribution in [1.82, 2.24) is 9.97 Å². The molecule has 0 saturated carbocycles. The fourth-order valence-electron chi connectivity index (χ4n) is 1.01. The van der Waals surface area contributed by atoms with Gasteiger partial charge in [0.2, 0.25) is 0 Å². The molecular formula is C10H8FN3S. The van der Waals surface area contributed by atoms with E-state index in [0.29, 0.717) is 11.0 Å². The summed E-state index contributed by atoms with van der Waals surface area (Å²) in [6.45, 7) is 0. The molecule has 0 unspecified atom stereocenters. The Bertz CT molecular complexity index is 458. The lowest BCUT2D eigenvalue weighted by Gasteiger charge is -2.00. The average Bonchev–Trinajstić information content (AvgIpc) is 2.22. The van der Waals surface area contributed by atoms with Gasteiger partial charge in [-0.25, -0.2) is 14.4 Å². The first-order valence-electron chi connectivity index (χ1n) is 4.26. The number of hydrogen-bond donors (Lipinski definition) is 1. The first-order valence-corrected chi connectivity index (χ1v) is 5.07. The number of anilines is 1. The molecule has 0 aliphatic carbocycles. The number of nitrogens with two attached hydrogens (primary N) is 1. The van der Waals surface area contributed by atoms with Crippen molar-refractivity contribution >= 4 is 17.6 Å². The molecule has 0 aliphatic rings. The zero-order chi connectivity index (χ0) is 10.7. The molecule has 2 aromatic rings. The number of benzene rings is 1. The predicted octanol–water partition coefficient (Wildman–Crippen LogP) is 2.35. The van der Waals surface area contributed by atoms with E-state index >= 15 is 0 Å². The molecule has 3 nitrogen and oxygen atoms in total. The van der Waals surface area contributed by atoms with Gasteiger partial charge in [0, 0.05) is 11.1 Å². The van der Waals surface area contributed by atoms with Crippen molar-refractivity contribution in [3.05, 3.63) is 42.3 Å². The zero-order valence-electron chi connectivity index (χ0n) is 7.72. The van der Waals surface area contributed by atoms with Crippen LogP contribution < -0.4 is 5.73 Å². The SMILES string of the molecule is Nc1ccnc(Sc2ccc(F)cc2)n1. The number of halogens is 1. The lowest BCUT2D eigenvalue weighted by atomic mass is 10.4. The molecule has 2 N–H and O–H groups in total. The standard InChI is InChI=1S/C10H8FN3S/c11-7-1-3-8(4-2-7)15-10-13-6-5-9(12)14-10/h1-6H,(H2,12,13,14). The molecule has 0 saturated heterocycles. The van der Waals surface area contributed by atoms with Crippen LogP contribution in [0.25, 0.3) is 0 Å². The van der Waals surface area contributed by atoms with E-state index in [1.54, 1.807) is 24.4 Å². The zero-order valence-corrected chi connectivity index (χ0v) is 8.54. The minimum absolute atomic E-state index is 0.257. The monoisotopic (exact) mass is 221 g/mol. The molecule has 0 radical (unpaired) electrons. The molecule has 15 heavy (non-hydrogen) atoms. The number of hydrogen-bond acceptors (Lipinski definition) is 4. The van der Waals surface area contributed by atoms with Gasteiger partial charge in [-0.15, -0.1) is 0 Å². The van der Waals surface area contributed by atoms with E-state index in [1.807, 2.05) is 0 Å².